The van der Waals surface area contributed by atoms with Gasteiger partial charge in [0.15, 0.2) is 0 Å². The summed E-state index contributed by atoms with van der Waals surface area (Å²) >= 11 is 6.07. The average Bonchev–Trinajstić information content (AvgIpc) is 3.43. The molecule has 5 rings (SSSR count). The number of hydrogen-bond donors (Lipinski definition) is 2. The van der Waals surface area contributed by atoms with Crippen LogP contribution in [0.5, 0.6) is 5.75 Å². The first-order valence-corrected chi connectivity index (χ1v) is 12.8. The Morgan fingerprint density at radius 1 is 1.05 bits per heavy atom. The molecule has 0 saturated carbocycles. The molecular weight excluding hydrogens is 521 g/mol. The topological polar surface area (TPSA) is 100 Å². The maximum atomic E-state index is 13.5. The number of phenols is 1. The molecule has 2 heterocycles. The average molecular weight is 546 g/mol. The van der Waals surface area contributed by atoms with E-state index in [0.29, 0.717) is 35.1 Å². The minimum atomic E-state index is -0.388. The molecule has 10 heteroatoms. The van der Waals surface area contributed by atoms with Crippen molar-refractivity contribution in [2.75, 3.05) is 18.4 Å². The molecule has 0 spiro atoms. The molecule has 1 fully saturated rings. The van der Waals surface area contributed by atoms with Crippen LogP contribution in [0.15, 0.2) is 79.1 Å². The number of phenolic OH excluding ortho intramolecular Hbond substituents is 1. The van der Waals surface area contributed by atoms with E-state index in [0.717, 1.165) is 18.4 Å². The second-order valence-corrected chi connectivity index (χ2v) is 9.62. The van der Waals surface area contributed by atoms with E-state index in [2.05, 4.69) is 15.4 Å². The van der Waals surface area contributed by atoms with Crippen LogP contribution in [0.25, 0.3) is 11.8 Å². The molecule has 0 bridgehead atoms. The summed E-state index contributed by atoms with van der Waals surface area (Å²) in [4.78, 5) is 31.1. The fraction of sp³-hybridized carbons (Fsp3) is 0.172. The number of aromatic nitrogens is 3. The van der Waals surface area contributed by atoms with Crippen molar-refractivity contribution < 1.29 is 19.1 Å². The van der Waals surface area contributed by atoms with Gasteiger partial charge in [-0.05, 0) is 84.5 Å². The van der Waals surface area contributed by atoms with Crippen molar-refractivity contribution in [1.82, 2.24) is 19.7 Å². The van der Waals surface area contributed by atoms with Crippen molar-refractivity contribution in [3.05, 3.63) is 107 Å². The summed E-state index contributed by atoms with van der Waals surface area (Å²) in [5, 5.41) is 16.8. The van der Waals surface area contributed by atoms with E-state index in [9.17, 15) is 19.1 Å². The van der Waals surface area contributed by atoms with Gasteiger partial charge in [0, 0.05) is 24.9 Å². The van der Waals surface area contributed by atoms with Crippen molar-refractivity contribution >= 4 is 35.2 Å². The van der Waals surface area contributed by atoms with Crippen LogP contribution in [0.2, 0.25) is 5.02 Å². The molecule has 4 aromatic rings. The van der Waals surface area contributed by atoms with E-state index in [-0.39, 0.29) is 35.1 Å². The van der Waals surface area contributed by atoms with Crippen molar-refractivity contribution in [1.29, 1.82) is 0 Å². The highest BCUT2D eigenvalue weighted by molar-refractivity contribution is 6.32. The Bertz CT molecular complexity index is 1530. The fourth-order valence-electron chi connectivity index (χ4n) is 4.50. The summed E-state index contributed by atoms with van der Waals surface area (Å²) in [5.74, 6) is -0.505. The number of benzene rings is 3. The second-order valence-electron chi connectivity index (χ2n) is 9.21. The van der Waals surface area contributed by atoms with Crippen molar-refractivity contribution in [3.8, 4) is 11.4 Å². The molecule has 0 radical (unpaired) electrons. The van der Waals surface area contributed by atoms with Crippen LogP contribution in [0.1, 0.15) is 40.5 Å². The van der Waals surface area contributed by atoms with Crippen LogP contribution in [-0.4, -0.2) is 49.7 Å². The molecule has 8 nitrogen and oxygen atoms in total. The Morgan fingerprint density at radius 2 is 1.82 bits per heavy atom. The first-order chi connectivity index (χ1) is 18.9. The maximum absolute atomic E-state index is 13.5. The number of carbonyl (C=O) groups is 2. The van der Waals surface area contributed by atoms with Crippen molar-refractivity contribution in [2.45, 2.75) is 18.8 Å². The Labute approximate surface area is 229 Å². The van der Waals surface area contributed by atoms with E-state index in [1.807, 2.05) is 24.3 Å². The number of aromatic hydroxyl groups is 1. The summed E-state index contributed by atoms with van der Waals surface area (Å²) in [6.45, 7) is 1.14. The van der Waals surface area contributed by atoms with Gasteiger partial charge in [-0.15, -0.1) is 5.10 Å². The fourth-order valence-corrected chi connectivity index (χ4v) is 4.74. The molecule has 198 valence electrons. The first kappa shape index (κ1) is 26.1. The second kappa shape index (κ2) is 11.5. The monoisotopic (exact) mass is 545 g/mol. The SMILES string of the molecule is O=C(/C=C/c1ccc(O)cc1Cl)Nc1ccc(C2CCN(C(=O)c3ncn(-c4cccc(F)c4)n3)CC2)cc1. The van der Waals surface area contributed by atoms with Crippen LogP contribution >= 0.6 is 11.6 Å². The van der Waals surface area contributed by atoms with Gasteiger partial charge in [0.25, 0.3) is 5.91 Å². The molecule has 2 N–H and O–H groups in total. The normalized spacial score (nSPS) is 14.1. The van der Waals surface area contributed by atoms with E-state index in [4.69, 9.17) is 11.6 Å². The van der Waals surface area contributed by atoms with Gasteiger partial charge in [0.05, 0.1) is 10.7 Å². The lowest BCUT2D eigenvalue weighted by atomic mass is 9.89. The third kappa shape index (κ3) is 6.32. The van der Waals surface area contributed by atoms with Crippen molar-refractivity contribution in [3.63, 3.8) is 0 Å². The number of amides is 2. The molecule has 3 aromatic carbocycles. The Hall–Kier alpha value is -4.50. The third-order valence-corrected chi connectivity index (χ3v) is 6.91. The summed E-state index contributed by atoms with van der Waals surface area (Å²) in [5.41, 5.74) is 2.93. The Morgan fingerprint density at radius 3 is 2.54 bits per heavy atom. The smallest absolute Gasteiger partial charge is 0.293 e. The molecule has 1 aliphatic heterocycles. The maximum Gasteiger partial charge on any atom is 0.293 e. The van der Waals surface area contributed by atoms with Crippen molar-refractivity contribution in [2.24, 2.45) is 0 Å². The lowest BCUT2D eigenvalue weighted by Crippen LogP contribution is -2.38. The standard InChI is InChI=1S/C29H25ClFN5O3/c30-26-17-25(37)10-6-21(26)7-11-27(38)33-23-8-4-19(5-9-23)20-12-14-35(15-13-20)29(39)28-32-18-36(34-28)24-3-1-2-22(31)16-24/h1-11,16-18,20,37H,12-15H2,(H,33,38)/b11-7+. The summed E-state index contributed by atoms with van der Waals surface area (Å²) < 4.78 is 14.9. The third-order valence-electron chi connectivity index (χ3n) is 6.59. The molecule has 1 aromatic heterocycles. The number of hydrogen-bond acceptors (Lipinski definition) is 5. The van der Waals surface area contributed by atoms with Gasteiger partial charge in [-0.2, -0.15) is 0 Å². The number of nitrogens with one attached hydrogen (secondary N) is 1. The number of nitrogens with zero attached hydrogens (tertiary/aromatic N) is 4. The number of carbonyl (C=O) groups excluding carboxylic acids is 2. The number of anilines is 1. The summed E-state index contributed by atoms with van der Waals surface area (Å²) in [6, 6.07) is 18.2. The van der Waals surface area contributed by atoms with E-state index >= 15 is 0 Å². The van der Waals surface area contributed by atoms with E-state index < -0.39 is 0 Å². The van der Waals surface area contributed by atoms with Crippen LogP contribution in [0, 0.1) is 5.82 Å². The highest BCUT2D eigenvalue weighted by atomic mass is 35.5. The van der Waals surface area contributed by atoms with Gasteiger partial charge < -0.3 is 15.3 Å². The predicted molar refractivity (Wildman–Crippen MR) is 146 cm³/mol. The van der Waals surface area contributed by atoms with Crippen LogP contribution in [-0.2, 0) is 4.79 Å². The molecule has 0 atom stereocenters. The zero-order valence-electron chi connectivity index (χ0n) is 20.8. The van der Waals surface area contributed by atoms with E-state index in [1.165, 1.54) is 41.4 Å². The van der Waals surface area contributed by atoms with Gasteiger partial charge in [0.2, 0.25) is 11.7 Å². The van der Waals surface area contributed by atoms with Gasteiger partial charge in [-0.3, -0.25) is 9.59 Å². The molecule has 39 heavy (non-hydrogen) atoms. The van der Waals surface area contributed by atoms with Crippen LogP contribution in [0.3, 0.4) is 0 Å². The van der Waals surface area contributed by atoms with Gasteiger partial charge in [-0.1, -0.05) is 29.8 Å². The highest BCUT2D eigenvalue weighted by Gasteiger charge is 2.26. The molecular formula is C29H25ClFN5O3. The zero-order chi connectivity index (χ0) is 27.4. The van der Waals surface area contributed by atoms with E-state index in [1.54, 1.807) is 29.2 Å². The highest BCUT2D eigenvalue weighted by Crippen LogP contribution is 2.29. The minimum Gasteiger partial charge on any atom is -0.508 e. The quantitative estimate of drug-likeness (QED) is 0.314. The van der Waals surface area contributed by atoms with Gasteiger partial charge in [-0.25, -0.2) is 14.1 Å². The number of rotatable bonds is 6. The number of piperidine rings is 1. The minimum absolute atomic E-state index is 0.0605. The summed E-state index contributed by atoms with van der Waals surface area (Å²) in [6.07, 6.45) is 5.96. The first-order valence-electron chi connectivity index (χ1n) is 12.4. The summed E-state index contributed by atoms with van der Waals surface area (Å²) in [7, 11) is 0. The zero-order valence-corrected chi connectivity index (χ0v) is 21.6. The molecule has 1 aliphatic rings. The molecule has 0 aliphatic carbocycles. The molecule has 2 amide bonds. The molecule has 0 unspecified atom stereocenters. The Balaban J connectivity index is 1.13. The lowest BCUT2D eigenvalue weighted by Gasteiger charge is -2.31. The lowest BCUT2D eigenvalue weighted by molar-refractivity contribution is -0.111. The molecule has 1 saturated heterocycles. The number of likely N-dealkylation sites (tertiary alicyclic amines) is 1. The Kier molecular flexibility index (Phi) is 7.69. The largest absolute Gasteiger partial charge is 0.508 e. The van der Waals surface area contributed by atoms with Crippen LogP contribution < -0.4 is 5.32 Å². The van der Waals surface area contributed by atoms with Gasteiger partial charge >= 0.3 is 0 Å². The number of halogens is 2. The van der Waals surface area contributed by atoms with Crippen LogP contribution in [0.4, 0.5) is 10.1 Å². The van der Waals surface area contributed by atoms with Gasteiger partial charge in [0.1, 0.15) is 17.9 Å². The predicted octanol–water partition coefficient (Wildman–Crippen LogP) is 5.44.